The number of hydrogen-bond acceptors (Lipinski definition) is 5. The summed E-state index contributed by atoms with van der Waals surface area (Å²) >= 11 is 0. The molecule has 6 nitrogen and oxygen atoms in total. The fraction of sp³-hybridized carbons (Fsp3) is 0.333. The quantitative estimate of drug-likeness (QED) is 0.514. The normalized spacial score (nSPS) is 11.2. The van der Waals surface area contributed by atoms with Crippen molar-refractivity contribution in [1.29, 1.82) is 0 Å². The lowest BCUT2D eigenvalue weighted by Gasteiger charge is -2.09. The van der Waals surface area contributed by atoms with E-state index in [0.29, 0.717) is 5.56 Å². The summed E-state index contributed by atoms with van der Waals surface area (Å²) in [6.45, 7) is 4.79. The number of carbonyl (C=O) groups is 2. The smallest absolute Gasteiger partial charge is 0.321 e. The number of carbonyl (C=O) groups excluding carboxylic acids is 2. The third kappa shape index (κ3) is 6.00. The fourth-order valence-electron chi connectivity index (χ4n) is 2.54. The number of benzene rings is 2. The Balaban J connectivity index is 1.86. The SMILES string of the molecule is CCCc1ccc(C(=O)COC(=O)CNS(=O)(=O)c2ccc(C)c(C)c2)cc1. The standard InChI is InChI=1S/C21H25NO5S/c1-4-5-17-7-9-18(10-8-17)20(23)14-27-21(24)13-22-28(25,26)19-11-6-15(2)16(3)12-19/h6-12,22H,4-5,13-14H2,1-3H3. The molecule has 1 N–H and O–H groups in total. The van der Waals surface area contributed by atoms with Crippen LogP contribution in [0.3, 0.4) is 0 Å². The summed E-state index contributed by atoms with van der Waals surface area (Å²) in [5.41, 5.74) is 3.39. The molecule has 2 rings (SSSR count). The van der Waals surface area contributed by atoms with Crippen LogP contribution >= 0.6 is 0 Å². The number of rotatable bonds is 9. The van der Waals surface area contributed by atoms with E-state index < -0.39 is 29.1 Å². The Morgan fingerprint density at radius 1 is 1.00 bits per heavy atom. The highest BCUT2D eigenvalue weighted by atomic mass is 32.2. The molecule has 7 heteroatoms. The highest BCUT2D eigenvalue weighted by Gasteiger charge is 2.17. The van der Waals surface area contributed by atoms with Crippen LogP contribution in [0, 0.1) is 13.8 Å². The lowest BCUT2D eigenvalue weighted by atomic mass is 10.1. The van der Waals surface area contributed by atoms with Gasteiger partial charge in [0.1, 0.15) is 6.54 Å². The zero-order valence-corrected chi connectivity index (χ0v) is 17.1. The number of ether oxygens (including phenoxy) is 1. The van der Waals surface area contributed by atoms with Crippen LogP contribution in [0.25, 0.3) is 0 Å². The zero-order chi connectivity index (χ0) is 20.7. The number of nitrogens with one attached hydrogen (secondary N) is 1. The Bertz CT molecular complexity index is 949. The van der Waals surface area contributed by atoms with Crippen LogP contribution in [0.4, 0.5) is 0 Å². The molecule has 0 aliphatic heterocycles. The van der Waals surface area contributed by atoms with Crippen molar-refractivity contribution in [3.8, 4) is 0 Å². The van der Waals surface area contributed by atoms with Gasteiger partial charge in [-0.2, -0.15) is 4.72 Å². The van der Waals surface area contributed by atoms with Crippen molar-refractivity contribution >= 4 is 21.8 Å². The van der Waals surface area contributed by atoms with Crippen molar-refractivity contribution in [2.45, 2.75) is 38.5 Å². The average molecular weight is 404 g/mol. The second-order valence-corrected chi connectivity index (χ2v) is 8.37. The number of sulfonamides is 1. The van der Waals surface area contributed by atoms with E-state index in [4.69, 9.17) is 4.74 Å². The van der Waals surface area contributed by atoms with Gasteiger partial charge in [-0.25, -0.2) is 8.42 Å². The topological polar surface area (TPSA) is 89.5 Å². The molecule has 2 aromatic rings. The van der Waals surface area contributed by atoms with Gasteiger partial charge >= 0.3 is 5.97 Å². The minimum Gasteiger partial charge on any atom is -0.456 e. The predicted molar refractivity (Wildman–Crippen MR) is 107 cm³/mol. The summed E-state index contributed by atoms with van der Waals surface area (Å²) < 4.78 is 31.6. The molecule has 150 valence electrons. The van der Waals surface area contributed by atoms with Gasteiger partial charge in [0.2, 0.25) is 10.0 Å². The zero-order valence-electron chi connectivity index (χ0n) is 16.3. The van der Waals surface area contributed by atoms with Crippen LogP contribution < -0.4 is 4.72 Å². The first-order valence-electron chi connectivity index (χ1n) is 9.07. The van der Waals surface area contributed by atoms with E-state index in [-0.39, 0.29) is 10.7 Å². The van der Waals surface area contributed by atoms with Crippen molar-refractivity contribution in [3.05, 3.63) is 64.7 Å². The van der Waals surface area contributed by atoms with Crippen molar-refractivity contribution in [2.24, 2.45) is 0 Å². The molecule has 0 atom stereocenters. The Morgan fingerprint density at radius 2 is 1.68 bits per heavy atom. The van der Waals surface area contributed by atoms with Gasteiger partial charge in [-0.05, 0) is 49.1 Å². The number of Topliss-reactive ketones (excluding diaryl/α,β-unsaturated/α-hetero) is 1. The van der Waals surface area contributed by atoms with Crippen LogP contribution in [0.2, 0.25) is 0 Å². The summed E-state index contributed by atoms with van der Waals surface area (Å²) in [4.78, 5) is 24.0. The molecule has 0 saturated carbocycles. The third-order valence-electron chi connectivity index (χ3n) is 4.37. The highest BCUT2D eigenvalue weighted by molar-refractivity contribution is 7.89. The largest absolute Gasteiger partial charge is 0.456 e. The number of aryl methyl sites for hydroxylation is 3. The summed E-state index contributed by atoms with van der Waals surface area (Å²) in [6.07, 6.45) is 1.95. The summed E-state index contributed by atoms with van der Waals surface area (Å²) in [5, 5.41) is 0. The molecule has 0 amide bonds. The summed E-state index contributed by atoms with van der Waals surface area (Å²) in [6, 6.07) is 11.9. The lowest BCUT2D eigenvalue weighted by Crippen LogP contribution is -2.31. The minimum absolute atomic E-state index is 0.0756. The minimum atomic E-state index is -3.83. The van der Waals surface area contributed by atoms with E-state index in [1.807, 2.05) is 26.0 Å². The maximum atomic E-state index is 12.3. The Hall–Kier alpha value is -2.51. The molecular formula is C21H25NO5S. The molecular weight excluding hydrogens is 378 g/mol. The number of ketones is 1. The molecule has 0 heterocycles. The van der Waals surface area contributed by atoms with Gasteiger partial charge < -0.3 is 4.74 Å². The average Bonchev–Trinajstić information content (AvgIpc) is 2.67. The molecule has 0 saturated heterocycles. The summed E-state index contributed by atoms with van der Waals surface area (Å²) in [5.74, 6) is -1.16. The number of hydrogen-bond donors (Lipinski definition) is 1. The van der Waals surface area contributed by atoms with Crippen molar-refractivity contribution in [2.75, 3.05) is 13.2 Å². The molecule has 0 aromatic heterocycles. The van der Waals surface area contributed by atoms with Crippen molar-refractivity contribution in [1.82, 2.24) is 4.72 Å². The maximum Gasteiger partial charge on any atom is 0.321 e. The van der Waals surface area contributed by atoms with E-state index in [9.17, 15) is 18.0 Å². The maximum absolute atomic E-state index is 12.3. The molecule has 2 aromatic carbocycles. The molecule has 0 aliphatic carbocycles. The van der Waals surface area contributed by atoms with Crippen LogP contribution in [0.15, 0.2) is 47.4 Å². The van der Waals surface area contributed by atoms with Crippen LogP contribution in [-0.2, 0) is 26.0 Å². The molecule has 0 aliphatic rings. The van der Waals surface area contributed by atoms with E-state index in [1.54, 1.807) is 18.2 Å². The first-order chi connectivity index (χ1) is 13.2. The van der Waals surface area contributed by atoms with Gasteiger partial charge in [0.05, 0.1) is 4.90 Å². The molecule has 28 heavy (non-hydrogen) atoms. The van der Waals surface area contributed by atoms with Gasteiger partial charge in [-0.15, -0.1) is 0 Å². The van der Waals surface area contributed by atoms with Gasteiger partial charge in [0.15, 0.2) is 12.4 Å². The van der Waals surface area contributed by atoms with Crippen LogP contribution in [0.1, 0.15) is 40.4 Å². The highest BCUT2D eigenvalue weighted by Crippen LogP contribution is 2.14. The predicted octanol–water partition coefficient (Wildman–Crippen LogP) is 2.96. The van der Waals surface area contributed by atoms with Gasteiger partial charge in [0, 0.05) is 5.56 Å². The Morgan fingerprint density at radius 3 is 2.29 bits per heavy atom. The Kier molecular flexibility index (Phi) is 7.48. The monoisotopic (exact) mass is 403 g/mol. The van der Waals surface area contributed by atoms with Gasteiger partial charge in [-0.3, -0.25) is 9.59 Å². The second kappa shape index (κ2) is 9.61. The second-order valence-electron chi connectivity index (χ2n) is 6.60. The van der Waals surface area contributed by atoms with E-state index >= 15 is 0 Å². The number of esters is 1. The van der Waals surface area contributed by atoms with Crippen molar-refractivity contribution in [3.63, 3.8) is 0 Å². The fourth-order valence-corrected chi connectivity index (χ4v) is 3.60. The van der Waals surface area contributed by atoms with E-state index in [2.05, 4.69) is 11.6 Å². The molecule has 0 unspecified atom stereocenters. The van der Waals surface area contributed by atoms with Crippen LogP contribution in [0.5, 0.6) is 0 Å². The lowest BCUT2D eigenvalue weighted by molar-refractivity contribution is -0.141. The van der Waals surface area contributed by atoms with Crippen LogP contribution in [-0.4, -0.2) is 33.3 Å². The van der Waals surface area contributed by atoms with E-state index in [1.165, 1.54) is 12.1 Å². The third-order valence-corrected chi connectivity index (χ3v) is 5.77. The molecule has 0 fully saturated rings. The van der Waals surface area contributed by atoms with Gasteiger partial charge in [-0.1, -0.05) is 43.7 Å². The Labute approximate surface area is 166 Å². The first-order valence-corrected chi connectivity index (χ1v) is 10.6. The molecule has 0 bridgehead atoms. The molecule has 0 spiro atoms. The molecule has 0 radical (unpaired) electrons. The first kappa shape index (κ1) is 21.8. The van der Waals surface area contributed by atoms with Crippen molar-refractivity contribution < 1.29 is 22.7 Å². The summed E-state index contributed by atoms with van der Waals surface area (Å²) in [7, 11) is -3.83. The van der Waals surface area contributed by atoms with Gasteiger partial charge in [0.25, 0.3) is 0 Å². The van der Waals surface area contributed by atoms with E-state index in [0.717, 1.165) is 29.5 Å².